The number of hydrogen-bond acceptors (Lipinski definition) is 3. The first-order valence-electron chi connectivity index (χ1n) is 6.93. The Morgan fingerprint density at radius 3 is 2.32 bits per heavy atom. The molecule has 2 aromatic carbocycles. The Hall–Kier alpha value is -3.10. The number of para-hydroxylation sites is 1. The zero-order valence-corrected chi connectivity index (χ0v) is 12.6. The van der Waals surface area contributed by atoms with Crippen LogP contribution in [-0.2, 0) is 4.79 Å². The molecule has 0 aliphatic carbocycles. The fourth-order valence-corrected chi connectivity index (χ4v) is 1.94. The highest BCUT2D eigenvalue weighted by Crippen LogP contribution is 2.20. The molecule has 2 amide bonds. The summed E-state index contributed by atoms with van der Waals surface area (Å²) >= 11 is 0. The van der Waals surface area contributed by atoms with E-state index in [2.05, 4.69) is 15.4 Å². The summed E-state index contributed by atoms with van der Waals surface area (Å²) < 4.78 is 54.9. The van der Waals surface area contributed by atoms with Crippen LogP contribution in [0.5, 0.6) is 5.75 Å². The lowest BCUT2D eigenvalue weighted by atomic mass is 10.2. The van der Waals surface area contributed by atoms with Crippen molar-refractivity contribution < 1.29 is 31.9 Å². The maximum atomic E-state index is 13.0. The number of carbonyl (C=O) groups excluding carboxylic acids is 2. The molecule has 0 radical (unpaired) electrons. The average molecular weight is 356 g/mol. The van der Waals surface area contributed by atoms with Gasteiger partial charge < -0.3 is 15.4 Å². The molecule has 0 bridgehead atoms. The van der Waals surface area contributed by atoms with Crippen molar-refractivity contribution in [1.82, 2.24) is 5.32 Å². The Bertz CT molecular complexity index is 763. The van der Waals surface area contributed by atoms with Gasteiger partial charge in [-0.2, -0.15) is 8.78 Å². The summed E-state index contributed by atoms with van der Waals surface area (Å²) in [6.07, 6.45) is 0. The normalized spacial score (nSPS) is 10.4. The minimum absolute atomic E-state index is 0.127. The predicted octanol–water partition coefficient (Wildman–Crippen LogP) is 2.93. The predicted molar refractivity (Wildman–Crippen MR) is 80.4 cm³/mol. The van der Waals surface area contributed by atoms with Crippen molar-refractivity contribution in [3.8, 4) is 5.75 Å². The van der Waals surface area contributed by atoms with E-state index in [1.807, 2.05) is 0 Å². The molecule has 0 atom stereocenters. The van der Waals surface area contributed by atoms with Gasteiger partial charge in [-0.05, 0) is 24.3 Å². The number of alkyl halides is 2. The van der Waals surface area contributed by atoms with Crippen LogP contribution in [0.4, 0.5) is 23.2 Å². The summed E-state index contributed by atoms with van der Waals surface area (Å²) in [6, 6.07) is 7.69. The number of rotatable bonds is 6. The molecule has 0 saturated carbocycles. The minimum atomic E-state index is -3.11. The van der Waals surface area contributed by atoms with Crippen LogP contribution in [0.1, 0.15) is 10.4 Å². The molecular weight excluding hydrogens is 344 g/mol. The molecule has 0 aliphatic rings. The van der Waals surface area contributed by atoms with Gasteiger partial charge in [-0.25, -0.2) is 8.78 Å². The van der Waals surface area contributed by atoms with Crippen molar-refractivity contribution in [2.24, 2.45) is 0 Å². The summed E-state index contributed by atoms with van der Waals surface area (Å²) in [5.74, 6) is -3.68. The van der Waals surface area contributed by atoms with Crippen molar-refractivity contribution in [2.45, 2.75) is 6.61 Å². The fourth-order valence-electron chi connectivity index (χ4n) is 1.94. The minimum Gasteiger partial charge on any atom is -0.434 e. The second-order valence-corrected chi connectivity index (χ2v) is 4.76. The summed E-state index contributed by atoms with van der Waals surface area (Å²) in [5.41, 5.74) is -0.314. The molecule has 0 unspecified atom stereocenters. The van der Waals surface area contributed by atoms with Gasteiger partial charge in [0.2, 0.25) is 5.91 Å². The second kappa shape index (κ2) is 8.13. The number of carbonyl (C=O) groups is 2. The third kappa shape index (κ3) is 5.48. The zero-order valence-electron chi connectivity index (χ0n) is 12.6. The number of amides is 2. The van der Waals surface area contributed by atoms with E-state index in [1.54, 1.807) is 0 Å². The molecule has 2 rings (SSSR count). The van der Waals surface area contributed by atoms with E-state index in [0.717, 1.165) is 12.1 Å². The van der Waals surface area contributed by atoms with E-state index in [9.17, 15) is 27.2 Å². The highest BCUT2D eigenvalue weighted by Gasteiger charge is 2.16. The van der Waals surface area contributed by atoms with Crippen LogP contribution >= 0.6 is 0 Å². The molecule has 0 saturated heterocycles. The largest absolute Gasteiger partial charge is 0.434 e. The zero-order chi connectivity index (χ0) is 18.4. The summed E-state index contributed by atoms with van der Waals surface area (Å²) in [6.45, 7) is -3.65. The molecular formula is C16H12F4N2O3. The lowest BCUT2D eigenvalue weighted by Crippen LogP contribution is -2.33. The van der Waals surface area contributed by atoms with E-state index in [-0.39, 0.29) is 17.0 Å². The molecule has 2 N–H and O–H groups in total. The third-order valence-electron chi connectivity index (χ3n) is 2.90. The van der Waals surface area contributed by atoms with Gasteiger partial charge in [0, 0.05) is 11.8 Å². The first-order valence-corrected chi connectivity index (χ1v) is 6.93. The van der Waals surface area contributed by atoms with Gasteiger partial charge in [0.05, 0.1) is 12.1 Å². The van der Waals surface area contributed by atoms with Crippen LogP contribution in [0.15, 0.2) is 42.5 Å². The number of benzene rings is 2. The van der Waals surface area contributed by atoms with Gasteiger partial charge in [0.25, 0.3) is 5.91 Å². The van der Waals surface area contributed by atoms with Crippen LogP contribution in [-0.4, -0.2) is 25.0 Å². The summed E-state index contributed by atoms with van der Waals surface area (Å²) in [7, 11) is 0. The lowest BCUT2D eigenvalue weighted by Gasteiger charge is -2.11. The maximum Gasteiger partial charge on any atom is 0.387 e. The Labute approximate surface area is 139 Å². The SMILES string of the molecule is O=C(CNC(=O)c1ccccc1OC(F)F)Nc1cc(F)cc(F)c1. The van der Waals surface area contributed by atoms with E-state index in [4.69, 9.17) is 0 Å². The highest BCUT2D eigenvalue weighted by molar-refractivity contribution is 6.00. The monoisotopic (exact) mass is 356 g/mol. The molecule has 132 valence electrons. The molecule has 5 nitrogen and oxygen atoms in total. The van der Waals surface area contributed by atoms with Gasteiger partial charge in [0.15, 0.2) is 0 Å². The molecule has 0 spiro atoms. The Balaban J connectivity index is 1.96. The van der Waals surface area contributed by atoms with Gasteiger partial charge in [-0.1, -0.05) is 12.1 Å². The lowest BCUT2D eigenvalue weighted by molar-refractivity contribution is -0.115. The number of anilines is 1. The van der Waals surface area contributed by atoms with Crippen LogP contribution in [0, 0.1) is 11.6 Å². The quantitative estimate of drug-likeness (QED) is 0.782. The molecule has 9 heteroatoms. The second-order valence-electron chi connectivity index (χ2n) is 4.76. The fraction of sp³-hybridized carbons (Fsp3) is 0.125. The molecule has 2 aromatic rings. The molecule has 0 fully saturated rings. The Kier molecular flexibility index (Phi) is 5.93. The van der Waals surface area contributed by atoms with E-state index < -0.39 is 36.6 Å². The highest BCUT2D eigenvalue weighted by atomic mass is 19.3. The number of hydrogen-bond donors (Lipinski definition) is 2. The molecule has 25 heavy (non-hydrogen) atoms. The summed E-state index contributed by atoms with van der Waals surface area (Å²) in [5, 5.41) is 4.39. The molecule has 0 aromatic heterocycles. The van der Waals surface area contributed by atoms with Crippen molar-refractivity contribution in [2.75, 3.05) is 11.9 Å². The Morgan fingerprint density at radius 2 is 1.68 bits per heavy atom. The van der Waals surface area contributed by atoms with Gasteiger partial charge in [0.1, 0.15) is 17.4 Å². The van der Waals surface area contributed by atoms with E-state index >= 15 is 0 Å². The van der Waals surface area contributed by atoms with Crippen molar-refractivity contribution >= 4 is 17.5 Å². The van der Waals surface area contributed by atoms with Crippen molar-refractivity contribution in [1.29, 1.82) is 0 Å². The van der Waals surface area contributed by atoms with Crippen molar-refractivity contribution in [3.63, 3.8) is 0 Å². The van der Waals surface area contributed by atoms with Crippen LogP contribution in [0.2, 0.25) is 0 Å². The first-order chi connectivity index (χ1) is 11.8. The number of ether oxygens (including phenoxy) is 1. The van der Waals surface area contributed by atoms with E-state index in [1.165, 1.54) is 24.3 Å². The smallest absolute Gasteiger partial charge is 0.387 e. The first kappa shape index (κ1) is 18.2. The number of halogens is 4. The van der Waals surface area contributed by atoms with E-state index in [0.29, 0.717) is 6.07 Å². The topological polar surface area (TPSA) is 67.4 Å². The van der Waals surface area contributed by atoms with Crippen LogP contribution in [0.25, 0.3) is 0 Å². The molecule has 0 heterocycles. The van der Waals surface area contributed by atoms with Gasteiger partial charge >= 0.3 is 6.61 Å². The van der Waals surface area contributed by atoms with Gasteiger partial charge in [-0.15, -0.1) is 0 Å². The third-order valence-corrected chi connectivity index (χ3v) is 2.90. The number of nitrogens with one attached hydrogen (secondary N) is 2. The van der Waals surface area contributed by atoms with Gasteiger partial charge in [-0.3, -0.25) is 9.59 Å². The summed E-state index contributed by atoms with van der Waals surface area (Å²) in [4.78, 5) is 23.7. The average Bonchev–Trinajstić information content (AvgIpc) is 2.51. The molecule has 0 aliphatic heterocycles. The standard InChI is InChI=1S/C16H12F4N2O3/c17-9-5-10(18)7-11(6-9)22-14(23)8-21-15(24)12-3-1-2-4-13(12)25-16(19)20/h1-7,16H,8H2,(H,21,24)(H,22,23). The van der Waals surface area contributed by atoms with Crippen LogP contribution < -0.4 is 15.4 Å². The Morgan fingerprint density at radius 1 is 1.04 bits per heavy atom. The van der Waals surface area contributed by atoms with Crippen LogP contribution in [0.3, 0.4) is 0 Å². The van der Waals surface area contributed by atoms with Crippen molar-refractivity contribution in [3.05, 3.63) is 59.7 Å². The maximum absolute atomic E-state index is 13.0.